The molecule has 1 fully saturated rings. The van der Waals surface area contributed by atoms with Crippen molar-refractivity contribution in [1.82, 2.24) is 5.32 Å². The molecule has 1 N–H and O–H groups in total. The molecule has 106 valence electrons. The van der Waals surface area contributed by atoms with Gasteiger partial charge >= 0.3 is 0 Å². The number of hydrogen-bond acceptors (Lipinski definition) is 3. The highest BCUT2D eigenvalue weighted by Gasteiger charge is 2.24. The first kappa shape index (κ1) is 14.4. The predicted molar refractivity (Wildman–Crippen MR) is 77.5 cm³/mol. The molecule has 1 aromatic carbocycles. The van der Waals surface area contributed by atoms with E-state index >= 15 is 0 Å². The average Bonchev–Trinajstić information content (AvgIpc) is 2.99. The molecule has 2 rings (SSSR count). The molecular weight excluding hydrogens is 238 g/mol. The van der Waals surface area contributed by atoms with Crippen molar-refractivity contribution in [2.45, 2.75) is 38.8 Å². The van der Waals surface area contributed by atoms with Crippen molar-refractivity contribution in [3.05, 3.63) is 29.8 Å². The molecule has 3 atom stereocenters. The number of hydrogen-bond donors (Lipinski definition) is 1. The lowest BCUT2D eigenvalue weighted by atomic mass is 9.97. The molecule has 1 aliphatic heterocycles. The topological polar surface area (TPSA) is 30.5 Å². The maximum absolute atomic E-state index is 5.47. The number of benzene rings is 1. The molecule has 0 saturated carbocycles. The van der Waals surface area contributed by atoms with Crippen LogP contribution < -0.4 is 10.1 Å². The van der Waals surface area contributed by atoms with Gasteiger partial charge in [0, 0.05) is 18.7 Å². The van der Waals surface area contributed by atoms with Crippen LogP contribution in [0.25, 0.3) is 0 Å². The molecule has 3 nitrogen and oxygen atoms in total. The van der Waals surface area contributed by atoms with E-state index in [0.29, 0.717) is 18.0 Å². The van der Waals surface area contributed by atoms with E-state index < -0.39 is 0 Å². The van der Waals surface area contributed by atoms with Crippen LogP contribution in [-0.2, 0) is 4.74 Å². The van der Waals surface area contributed by atoms with Gasteiger partial charge in [0.25, 0.3) is 0 Å². The smallest absolute Gasteiger partial charge is 0.118 e. The van der Waals surface area contributed by atoms with Gasteiger partial charge in [-0.25, -0.2) is 0 Å². The molecule has 1 aromatic rings. The Morgan fingerprint density at radius 1 is 1.37 bits per heavy atom. The number of rotatable bonds is 6. The van der Waals surface area contributed by atoms with Crippen LogP contribution in [0.1, 0.15) is 38.3 Å². The van der Waals surface area contributed by atoms with E-state index in [0.717, 1.165) is 25.4 Å². The van der Waals surface area contributed by atoms with Gasteiger partial charge in [-0.3, -0.25) is 0 Å². The number of methoxy groups -OCH3 is 1. The summed E-state index contributed by atoms with van der Waals surface area (Å²) in [6.45, 7) is 6.30. The zero-order chi connectivity index (χ0) is 13.7. The van der Waals surface area contributed by atoms with Crippen molar-refractivity contribution in [1.29, 1.82) is 0 Å². The molecule has 1 saturated heterocycles. The first-order chi connectivity index (χ1) is 9.24. The van der Waals surface area contributed by atoms with Gasteiger partial charge < -0.3 is 14.8 Å². The van der Waals surface area contributed by atoms with Crippen LogP contribution in [0.15, 0.2) is 24.3 Å². The maximum Gasteiger partial charge on any atom is 0.118 e. The molecule has 19 heavy (non-hydrogen) atoms. The van der Waals surface area contributed by atoms with Gasteiger partial charge in [0.1, 0.15) is 5.75 Å². The monoisotopic (exact) mass is 263 g/mol. The lowest BCUT2D eigenvalue weighted by Gasteiger charge is -2.26. The molecule has 0 aliphatic carbocycles. The van der Waals surface area contributed by atoms with E-state index in [2.05, 4.69) is 31.3 Å². The normalized spacial score (nSPS) is 22.2. The lowest BCUT2D eigenvalue weighted by Crippen LogP contribution is -2.36. The summed E-state index contributed by atoms with van der Waals surface area (Å²) in [6.07, 6.45) is 2.26. The SMILES string of the molecule is CCC(NC(C)C1CCOC1)c1ccc(OC)cc1. The zero-order valence-corrected chi connectivity index (χ0v) is 12.2. The summed E-state index contributed by atoms with van der Waals surface area (Å²) >= 11 is 0. The van der Waals surface area contributed by atoms with Crippen LogP contribution in [0.3, 0.4) is 0 Å². The summed E-state index contributed by atoms with van der Waals surface area (Å²) in [5, 5.41) is 3.74. The highest BCUT2D eigenvalue weighted by atomic mass is 16.5. The third-order valence-corrected chi connectivity index (χ3v) is 4.06. The highest BCUT2D eigenvalue weighted by molar-refractivity contribution is 5.29. The maximum atomic E-state index is 5.47. The third-order valence-electron chi connectivity index (χ3n) is 4.06. The molecule has 3 unspecified atom stereocenters. The summed E-state index contributed by atoms with van der Waals surface area (Å²) in [6, 6.07) is 9.26. The second kappa shape index (κ2) is 6.92. The van der Waals surface area contributed by atoms with Gasteiger partial charge in [-0.15, -0.1) is 0 Å². The average molecular weight is 263 g/mol. The fourth-order valence-corrected chi connectivity index (χ4v) is 2.69. The molecule has 3 heteroatoms. The van der Waals surface area contributed by atoms with Gasteiger partial charge in [0.05, 0.1) is 13.7 Å². The predicted octanol–water partition coefficient (Wildman–Crippen LogP) is 3.16. The van der Waals surface area contributed by atoms with Crippen LogP contribution in [-0.4, -0.2) is 26.4 Å². The Kier molecular flexibility index (Phi) is 5.23. The second-order valence-corrected chi connectivity index (χ2v) is 5.31. The van der Waals surface area contributed by atoms with E-state index in [1.54, 1.807) is 7.11 Å². The fraction of sp³-hybridized carbons (Fsp3) is 0.625. The third kappa shape index (κ3) is 3.71. The summed E-state index contributed by atoms with van der Waals surface area (Å²) < 4.78 is 10.7. The van der Waals surface area contributed by atoms with Gasteiger partial charge in [-0.2, -0.15) is 0 Å². The molecule has 0 radical (unpaired) electrons. The molecule has 0 aromatic heterocycles. The number of nitrogens with one attached hydrogen (secondary N) is 1. The molecule has 0 spiro atoms. The van der Waals surface area contributed by atoms with Crippen LogP contribution in [0, 0.1) is 5.92 Å². The van der Waals surface area contributed by atoms with E-state index in [1.165, 1.54) is 12.0 Å². The van der Waals surface area contributed by atoms with Crippen molar-refractivity contribution in [3.8, 4) is 5.75 Å². The molecule has 1 aliphatic rings. The van der Waals surface area contributed by atoms with Crippen LogP contribution >= 0.6 is 0 Å². The molecule has 0 bridgehead atoms. The first-order valence-corrected chi connectivity index (χ1v) is 7.22. The Morgan fingerprint density at radius 3 is 2.63 bits per heavy atom. The van der Waals surface area contributed by atoms with Crippen molar-refractivity contribution in [2.75, 3.05) is 20.3 Å². The van der Waals surface area contributed by atoms with Crippen molar-refractivity contribution in [3.63, 3.8) is 0 Å². The summed E-state index contributed by atoms with van der Waals surface area (Å²) in [7, 11) is 1.70. The van der Waals surface area contributed by atoms with E-state index in [1.807, 2.05) is 12.1 Å². The minimum Gasteiger partial charge on any atom is -0.497 e. The van der Waals surface area contributed by atoms with Gasteiger partial charge in [-0.1, -0.05) is 19.1 Å². The lowest BCUT2D eigenvalue weighted by molar-refractivity contribution is 0.176. The van der Waals surface area contributed by atoms with Crippen molar-refractivity contribution in [2.24, 2.45) is 5.92 Å². The molecular formula is C16H25NO2. The number of ether oxygens (including phenoxy) is 2. The summed E-state index contributed by atoms with van der Waals surface area (Å²) in [5.41, 5.74) is 1.33. The summed E-state index contributed by atoms with van der Waals surface area (Å²) in [5.74, 6) is 1.56. The van der Waals surface area contributed by atoms with Crippen molar-refractivity contribution < 1.29 is 9.47 Å². The zero-order valence-electron chi connectivity index (χ0n) is 12.2. The Labute approximate surface area is 116 Å². The molecule has 1 heterocycles. The Balaban J connectivity index is 1.97. The standard InChI is InChI=1S/C16H25NO2/c1-4-16(13-5-7-15(18-3)8-6-13)17-12(2)14-9-10-19-11-14/h5-8,12,14,16-17H,4,9-11H2,1-3H3. The van der Waals surface area contributed by atoms with Crippen molar-refractivity contribution >= 4 is 0 Å². The highest BCUT2D eigenvalue weighted by Crippen LogP contribution is 2.23. The van der Waals surface area contributed by atoms with Gasteiger partial charge in [0.2, 0.25) is 0 Å². The Bertz CT molecular complexity index is 371. The van der Waals surface area contributed by atoms with E-state index in [-0.39, 0.29) is 0 Å². The quantitative estimate of drug-likeness (QED) is 0.855. The fourth-order valence-electron chi connectivity index (χ4n) is 2.69. The van der Waals surface area contributed by atoms with Crippen LogP contribution in [0.2, 0.25) is 0 Å². The second-order valence-electron chi connectivity index (χ2n) is 5.31. The minimum atomic E-state index is 0.404. The first-order valence-electron chi connectivity index (χ1n) is 7.22. The van der Waals surface area contributed by atoms with E-state index in [9.17, 15) is 0 Å². The largest absolute Gasteiger partial charge is 0.497 e. The van der Waals surface area contributed by atoms with Gasteiger partial charge in [0.15, 0.2) is 0 Å². The Hall–Kier alpha value is -1.06. The minimum absolute atomic E-state index is 0.404. The van der Waals surface area contributed by atoms with Gasteiger partial charge in [-0.05, 0) is 43.4 Å². The van der Waals surface area contributed by atoms with Crippen LogP contribution in [0.4, 0.5) is 0 Å². The Morgan fingerprint density at radius 2 is 2.11 bits per heavy atom. The summed E-state index contributed by atoms with van der Waals surface area (Å²) in [4.78, 5) is 0. The van der Waals surface area contributed by atoms with Crippen LogP contribution in [0.5, 0.6) is 5.75 Å². The van der Waals surface area contributed by atoms with E-state index in [4.69, 9.17) is 9.47 Å². The molecule has 0 amide bonds.